The molecule has 21 rings (SSSR count). The molecule has 3 spiro atoms. The predicted molar refractivity (Wildman–Crippen MR) is 347 cm³/mol. The van der Waals surface area contributed by atoms with E-state index in [0.29, 0.717) is 17.3 Å². The fraction of sp³-hybridized carbons (Fsp3) is 0.333. The lowest BCUT2D eigenvalue weighted by molar-refractivity contribution is -0.193. The highest BCUT2D eigenvalue weighted by Gasteiger charge is 2.82. The number of rotatable bonds is 6. The van der Waals surface area contributed by atoms with Crippen LogP contribution in [0.2, 0.25) is 0 Å². The fourth-order valence-electron chi connectivity index (χ4n) is 22.0. The maximum Gasteiger partial charge on any atom is 0.137 e. The number of fused-ring (bicyclic) bond motifs is 17. The van der Waals surface area contributed by atoms with Gasteiger partial charge in [0.2, 0.25) is 0 Å². The number of benzene rings is 9. The first-order valence-corrected chi connectivity index (χ1v) is 32.4. The van der Waals surface area contributed by atoms with Gasteiger partial charge < -0.3 is 18.6 Å². The van der Waals surface area contributed by atoms with Gasteiger partial charge in [-0.05, 0) is 232 Å². The van der Waals surface area contributed by atoms with Gasteiger partial charge in [-0.2, -0.15) is 0 Å². The summed E-state index contributed by atoms with van der Waals surface area (Å²) in [6.45, 7) is 13.9. The van der Waals surface area contributed by atoms with E-state index in [0.717, 1.165) is 102 Å². The highest BCUT2D eigenvalue weighted by atomic mass is 16.3. The fourth-order valence-corrected chi connectivity index (χ4v) is 22.0. The average molecular weight is 1110 g/mol. The molecule has 11 unspecified atom stereocenters. The van der Waals surface area contributed by atoms with Crippen LogP contribution in [-0.4, -0.2) is 0 Å². The molecule has 4 nitrogen and oxygen atoms in total. The summed E-state index contributed by atoms with van der Waals surface area (Å²) in [5.74, 6) is 6.53. The lowest BCUT2D eigenvalue weighted by Gasteiger charge is -2.70. The molecular weight excluding hydrogens is 1030 g/mol. The third-order valence-corrected chi connectivity index (χ3v) is 25.1. The van der Waals surface area contributed by atoms with E-state index in [4.69, 9.17) is 8.83 Å². The zero-order chi connectivity index (χ0) is 56.4. The molecule has 11 aromatic rings. The number of anilines is 6. The van der Waals surface area contributed by atoms with E-state index in [-0.39, 0.29) is 21.7 Å². The van der Waals surface area contributed by atoms with Crippen molar-refractivity contribution < 1.29 is 8.83 Å². The van der Waals surface area contributed by atoms with Crippen molar-refractivity contribution in [3.8, 4) is 22.3 Å². The minimum atomic E-state index is 0.0385. The molecule has 11 atom stereocenters. The van der Waals surface area contributed by atoms with Gasteiger partial charge in [0.25, 0.3) is 0 Å². The van der Waals surface area contributed by atoms with Crippen molar-refractivity contribution in [3.05, 3.63) is 215 Å². The van der Waals surface area contributed by atoms with E-state index in [1.807, 2.05) is 0 Å². The van der Waals surface area contributed by atoms with Crippen LogP contribution in [0.1, 0.15) is 126 Å². The number of hydrogen-bond donors (Lipinski definition) is 0. The maximum atomic E-state index is 7.09. The summed E-state index contributed by atoms with van der Waals surface area (Å²) < 4.78 is 14.2. The molecule has 0 N–H and O–H groups in total. The summed E-state index contributed by atoms with van der Waals surface area (Å²) in [4.78, 5) is 5.07. The molecule has 4 heteroatoms. The number of hydrogen-bond acceptors (Lipinski definition) is 4. The molecule has 8 fully saturated rings. The average Bonchev–Trinajstić information content (AvgIpc) is 1.51. The Labute approximate surface area is 498 Å². The Balaban J connectivity index is 0.717. The SMILES string of the molecule is CC(C)(C)c1ccc(N(c2ccc3c(c2)oc2cc4c(cc23)oc2cc(N(c3ccc(C(C)(C)C)cc3)c3cccc5c3-c3ccccc3C53C5CC6CC7CC3C67C5)ccc24)c2cccc3c2-c2ccccc2C32C3CC4CC(C3)C2C4)cc1. The molecule has 8 saturated carbocycles. The smallest absolute Gasteiger partial charge is 0.137 e. The zero-order valence-electron chi connectivity index (χ0n) is 49.8. The van der Waals surface area contributed by atoms with Crippen molar-refractivity contribution in [2.75, 3.05) is 9.80 Å². The van der Waals surface area contributed by atoms with Crippen molar-refractivity contribution in [2.24, 2.45) is 52.8 Å². The molecule has 6 bridgehead atoms. The standard InChI is InChI=1S/C81H72N2O2/c1-77(2,3)47-21-25-53(26-22-47)82(68-19-11-17-65-75(68)59-13-7-9-15-63(59)80(65)51-34-45-33-46(36-51)67(80)35-45)55-29-31-57-61-42-73-62(43-72(61)84-70(57)40-55)58-32-30-56(41-71(58)85-73)83(54-27-23-48(24-28-54)78(4,5)6)69-20-12-18-66-76(69)60-14-8-10-16-64(60)81(66)52-38-49-37-50-39-74(81)79(49,50)44-52/h7-32,40-43,45-46,49-52,67,74H,33-39,44H2,1-6H3. The quantitative estimate of drug-likeness (QED) is 0.166. The van der Waals surface area contributed by atoms with Crippen LogP contribution in [0.15, 0.2) is 191 Å². The van der Waals surface area contributed by atoms with E-state index < -0.39 is 0 Å². The normalized spacial score (nSPS) is 29.1. The first-order chi connectivity index (χ1) is 41.3. The second kappa shape index (κ2) is 16.0. The predicted octanol–water partition coefficient (Wildman–Crippen LogP) is 21.7. The van der Waals surface area contributed by atoms with Crippen molar-refractivity contribution in [2.45, 2.75) is 115 Å². The van der Waals surface area contributed by atoms with Gasteiger partial charge in [-0.25, -0.2) is 0 Å². The first kappa shape index (κ1) is 48.4. The molecule has 0 radical (unpaired) electrons. The van der Waals surface area contributed by atoms with Crippen LogP contribution in [0.25, 0.3) is 66.1 Å². The van der Waals surface area contributed by atoms with Gasteiger partial charge in [0.1, 0.15) is 22.3 Å². The Kier molecular flexibility index (Phi) is 9.10. The molecular formula is C81H72N2O2. The van der Waals surface area contributed by atoms with Gasteiger partial charge in [0.15, 0.2) is 0 Å². The van der Waals surface area contributed by atoms with Crippen molar-refractivity contribution in [3.63, 3.8) is 0 Å². The summed E-state index contributed by atoms with van der Waals surface area (Å²) in [7, 11) is 0. The van der Waals surface area contributed by atoms with Gasteiger partial charge in [0, 0.05) is 78.4 Å². The molecule has 0 amide bonds. The Bertz CT molecular complexity index is 4730. The third-order valence-electron chi connectivity index (χ3n) is 25.1. The largest absolute Gasteiger partial charge is 0.456 e. The summed E-state index contributed by atoms with van der Waals surface area (Å²) in [5, 5.41) is 4.31. The Morgan fingerprint density at radius 2 is 0.871 bits per heavy atom. The van der Waals surface area contributed by atoms with Crippen molar-refractivity contribution in [1.82, 2.24) is 0 Å². The first-order valence-electron chi connectivity index (χ1n) is 32.4. The minimum Gasteiger partial charge on any atom is -0.456 e. The zero-order valence-corrected chi connectivity index (χ0v) is 49.8. The number of furan rings is 2. The maximum absolute atomic E-state index is 7.09. The van der Waals surface area contributed by atoms with Gasteiger partial charge in [-0.3, -0.25) is 0 Å². The summed E-state index contributed by atoms with van der Waals surface area (Å²) in [6, 6.07) is 70.7. The van der Waals surface area contributed by atoms with Crippen LogP contribution < -0.4 is 9.80 Å². The molecule has 2 aromatic heterocycles. The summed E-state index contributed by atoms with van der Waals surface area (Å²) >= 11 is 0. The summed E-state index contributed by atoms with van der Waals surface area (Å²) in [5.41, 5.74) is 26.0. The molecule has 0 saturated heterocycles. The molecule has 0 aliphatic heterocycles. The Morgan fingerprint density at radius 3 is 1.40 bits per heavy atom. The monoisotopic (exact) mass is 1100 g/mol. The van der Waals surface area contributed by atoms with Crippen LogP contribution in [0, 0.1) is 52.8 Å². The van der Waals surface area contributed by atoms with Crippen molar-refractivity contribution >= 4 is 78.0 Å². The van der Waals surface area contributed by atoms with Crippen LogP contribution in [-0.2, 0) is 21.7 Å². The van der Waals surface area contributed by atoms with Crippen LogP contribution >= 0.6 is 0 Å². The van der Waals surface area contributed by atoms with Crippen LogP contribution in [0.3, 0.4) is 0 Å². The van der Waals surface area contributed by atoms with E-state index in [9.17, 15) is 0 Å². The second-order valence-corrected chi connectivity index (χ2v) is 30.4. The Morgan fingerprint density at radius 1 is 0.388 bits per heavy atom. The molecule has 85 heavy (non-hydrogen) atoms. The van der Waals surface area contributed by atoms with Gasteiger partial charge in [0.05, 0.1) is 11.4 Å². The molecule has 10 aliphatic carbocycles. The van der Waals surface area contributed by atoms with E-state index in [1.54, 1.807) is 22.3 Å². The Hall–Kier alpha value is -7.82. The molecule has 418 valence electrons. The van der Waals surface area contributed by atoms with E-state index in [1.165, 1.54) is 96.1 Å². The van der Waals surface area contributed by atoms with Gasteiger partial charge in [-0.1, -0.05) is 139 Å². The van der Waals surface area contributed by atoms with Crippen molar-refractivity contribution in [1.29, 1.82) is 0 Å². The summed E-state index contributed by atoms with van der Waals surface area (Å²) in [6.07, 6.45) is 11.2. The number of nitrogens with zero attached hydrogens (tertiary/aromatic N) is 2. The van der Waals surface area contributed by atoms with E-state index in [2.05, 4.69) is 233 Å². The third kappa shape index (κ3) is 5.87. The topological polar surface area (TPSA) is 32.8 Å². The molecule has 10 aliphatic rings. The van der Waals surface area contributed by atoms with Crippen LogP contribution in [0.4, 0.5) is 34.1 Å². The van der Waals surface area contributed by atoms with Crippen LogP contribution in [0.5, 0.6) is 0 Å². The van der Waals surface area contributed by atoms with E-state index >= 15 is 0 Å². The lowest BCUT2D eigenvalue weighted by Crippen LogP contribution is -2.65. The molecule has 9 aromatic carbocycles. The van der Waals surface area contributed by atoms with Gasteiger partial charge >= 0.3 is 0 Å². The highest BCUT2D eigenvalue weighted by Crippen LogP contribution is 2.88. The lowest BCUT2D eigenvalue weighted by atomic mass is 9.34. The highest BCUT2D eigenvalue weighted by molar-refractivity contribution is 6.16. The van der Waals surface area contributed by atoms with Gasteiger partial charge in [-0.15, -0.1) is 0 Å². The minimum absolute atomic E-state index is 0.0385. The molecule has 2 heterocycles. The second-order valence-electron chi connectivity index (χ2n) is 30.4.